The van der Waals surface area contributed by atoms with Gasteiger partial charge in [-0.2, -0.15) is 0 Å². The number of ether oxygens (including phenoxy) is 2. The monoisotopic (exact) mass is 514 g/mol. The van der Waals surface area contributed by atoms with Crippen molar-refractivity contribution in [3.63, 3.8) is 0 Å². The van der Waals surface area contributed by atoms with E-state index < -0.39 is 6.10 Å². The first-order valence-corrected chi connectivity index (χ1v) is 13.4. The second-order valence-electron chi connectivity index (χ2n) is 10.3. The maximum atomic E-state index is 15.3. The van der Waals surface area contributed by atoms with E-state index in [0.29, 0.717) is 51.1 Å². The molecule has 0 bridgehead atoms. The lowest BCUT2D eigenvalue weighted by molar-refractivity contribution is -0.136. The summed E-state index contributed by atoms with van der Waals surface area (Å²) in [6, 6.07) is 12.9. The smallest absolute Gasteiger partial charge is 0.225 e. The Morgan fingerprint density at radius 2 is 1.84 bits per heavy atom. The summed E-state index contributed by atoms with van der Waals surface area (Å²) in [7, 11) is 3.32. The van der Waals surface area contributed by atoms with Gasteiger partial charge in [0.2, 0.25) is 5.91 Å². The molecule has 3 N–H and O–H groups in total. The fraction of sp³-hybridized carbons (Fsp3) is 0.567. The van der Waals surface area contributed by atoms with Gasteiger partial charge in [0, 0.05) is 51.4 Å². The highest BCUT2D eigenvalue weighted by Crippen LogP contribution is 2.37. The lowest BCUT2D eigenvalue weighted by atomic mass is 9.84. The summed E-state index contributed by atoms with van der Waals surface area (Å²) >= 11 is 0. The summed E-state index contributed by atoms with van der Waals surface area (Å²) in [5, 5.41) is 10.1. The maximum Gasteiger partial charge on any atom is 0.225 e. The molecule has 0 heterocycles. The Kier molecular flexibility index (Phi) is 11.5. The van der Waals surface area contributed by atoms with E-state index in [2.05, 4.69) is 0 Å². The molecule has 2 aromatic rings. The predicted molar refractivity (Wildman–Crippen MR) is 145 cm³/mol. The highest BCUT2D eigenvalue weighted by Gasteiger charge is 2.37. The number of rotatable bonds is 14. The summed E-state index contributed by atoms with van der Waals surface area (Å²) in [4.78, 5) is 15.2. The summed E-state index contributed by atoms with van der Waals surface area (Å²) in [6.07, 6.45) is 3.67. The highest BCUT2D eigenvalue weighted by molar-refractivity contribution is 5.79. The first-order chi connectivity index (χ1) is 17.8. The number of aryl methyl sites for hydroxylation is 1. The molecule has 3 rings (SSSR count). The standard InChI is InChI=1S/C30H43FN2O4/c1-21-8-6-10-23(18-21)29-25(11-7-12-26(29)31)22(9-4-5-16-36-2)13-14-33(15-17-37-3)30(35)24-19-27(32)28(34)20-24/h6-8,10-12,18,22,24,27-28,34H,4-5,9,13-17,19-20,32H2,1-3H3/t22?,24-,27+,28-/m0/s1. The van der Waals surface area contributed by atoms with Crippen LogP contribution in [0.4, 0.5) is 4.39 Å². The van der Waals surface area contributed by atoms with Crippen molar-refractivity contribution in [2.24, 2.45) is 11.7 Å². The van der Waals surface area contributed by atoms with Crippen molar-refractivity contribution < 1.29 is 23.8 Å². The highest BCUT2D eigenvalue weighted by atomic mass is 19.1. The van der Waals surface area contributed by atoms with Crippen LogP contribution in [-0.4, -0.2) is 68.6 Å². The van der Waals surface area contributed by atoms with E-state index in [1.165, 1.54) is 6.07 Å². The molecule has 204 valence electrons. The van der Waals surface area contributed by atoms with Crippen molar-refractivity contribution >= 4 is 5.91 Å². The van der Waals surface area contributed by atoms with Crippen molar-refractivity contribution in [1.82, 2.24) is 4.90 Å². The second-order valence-corrected chi connectivity index (χ2v) is 10.3. The van der Waals surface area contributed by atoms with Crippen molar-refractivity contribution in [1.29, 1.82) is 0 Å². The third-order valence-corrected chi connectivity index (χ3v) is 7.49. The molecule has 1 aliphatic carbocycles. The summed E-state index contributed by atoms with van der Waals surface area (Å²) in [5.74, 6) is -0.428. The van der Waals surface area contributed by atoms with Crippen molar-refractivity contribution in [3.8, 4) is 11.1 Å². The zero-order chi connectivity index (χ0) is 26.8. The van der Waals surface area contributed by atoms with Gasteiger partial charge >= 0.3 is 0 Å². The number of hydrogen-bond donors (Lipinski definition) is 2. The predicted octanol–water partition coefficient (Wildman–Crippen LogP) is 4.66. The number of benzene rings is 2. The van der Waals surface area contributed by atoms with E-state index in [1.807, 2.05) is 42.2 Å². The molecule has 0 aromatic heterocycles. The van der Waals surface area contributed by atoms with Crippen molar-refractivity contribution in [2.45, 2.75) is 63.5 Å². The Morgan fingerprint density at radius 3 is 2.51 bits per heavy atom. The molecule has 0 radical (unpaired) electrons. The van der Waals surface area contributed by atoms with E-state index >= 15 is 4.39 Å². The third-order valence-electron chi connectivity index (χ3n) is 7.49. The van der Waals surface area contributed by atoms with E-state index in [1.54, 1.807) is 20.3 Å². The molecule has 1 amide bonds. The van der Waals surface area contributed by atoms with Gasteiger partial charge in [-0.05, 0) is 62.1 Å². The number of hydrogen-bond acceptors (Lipinski definition) is 5. The maximum absolute atomic E-state index is 15.3. The first-order valence-electron chi connectivity index (χ1n) is 13.4. The third kappa shape index (κ3) is 8.08. The van der Waals surface area contributed by atoms with Crippen molar-refractivity contribution in [2.75, 3.05) is 40.5 Å². The number of halogens is 1. The number of nitrogens with two attached hydrogens (primary N) is 1. The van der Waals surface area contributed by atoms with Crippen LogP contribution < -0.4 is 5.73 Å². The van der Waals surface area contributed by atoms with Crippen molar-refractivity contribution in [3.05, 3.63) is 59.4 Å². The molecule has 37 heavy (non-hydrogen) atoms. The molecule has 2 aromatic carbocycles. The number of methoxy groups -OCH3 is 2. The molecule has 0 aliphatic heterocycles. The van der Waals surface area contributed by atoms with Crippen LogP contribution in [0.3, 0.4) is 0 Å². The molecular weight excluding hydrogens is 471 g/mol. The topological polar surface area (TPSA) is 85.0 Å². The van der Waals surface area contributed by atoms with Crippen LogP contribution in [0, 0.1) is 18.7 Å². The molecule has 0 saturated heterocycles. The van der Waals surface area contributed by atoms with Crippen LogP contribution in [0.5, 0.6) is 0 Å². The number of aliphatic hydroxyl groups is 1. The number of unbranched alkanes of at least 4 members (excludes halogenated alkanes) is 1. The van der Waals surface area contributed by atoms with Gasteiger partial charge in [0.25, 0.3) is 0 Å². The van der Waals surface area contributed by atoms with Crippen LogP contribution in [0.1, 0.15) is 55.6 Å². The fourth-order valence-electron chi connectivity index (χ4n) is 5.43. The Bertz CT molecular complexity index is 991. The first kappa shape index (κ1) is 29.2. The van der Waals surface area contributed by atoms with Crippen LogP contribution in [0.15, 0.2) is 42.5 Å². The van der Waals surface area contributed by atoms with Gasteiger partial charge in [0.15, 0.2) is 0 Å². The number of carbonyl (C=O) groups excluding carboxylic acids is 1. The van der Waals surface area contributed by atoms with Gasteiger partial charge in [-0.3, -0.25) is 4.79 Å². The molecular formula is C30H43FN2O4. The number of amides is 1. The fourth-order valence-corrected chi connectivity index (χ4v) is 5.43. The van der Waals surface area contributed by atoms with Gasteiger partial charge < -0.3 is 25.2 Å². The van der Waals surface area contributed by atoms with E-state index in [4.69, 9.17) is 15.2 Å². The molecule has 6 nitrogen and oxygen atoms in total. The molecule has 4 atom stereocenters. The lowest BCUT2D eigenvalue weighted by Gasteiger charge is -2.29. The Labute approximate surface area is 220 Å². The Balaban J connectivity index is 1.86. The van der Waals surface area contributed by atoms with E-state index in [0.717, 1.165) is 36.0 Å². The number of aliphatic hydroxyl groups excluding tert-OH is 1. The Hall–Kier alpha value is -2.32. The van der Waals surface area contributed by atoms with E-state index in [-0.39, 0.29) is 29.6 Å². The largest absolute Gasteiger partial charge is 0.391 e. The lowest BCUT2D eigenvalue weighted by Crippen LogP contribution is -2.39. The number of nitrogens with zero attached hydrogens (tertiary/aromatic N) is 1. The average Bonchev–Trinajstić information content (AvgIpc) is 3.22. The van der Waals surface area contributed by atoms with Gasteiger partial charge in [-0.25, -0.2) is 4.39 Å². The zero-order valence-electron chi connectivity index (χ0n) is 22.5. The minimum atomic E-state index is -0.643. The normalized spacial score (nSPS) is 20.2. The van der Waals surface area contributed by atoms with Gasteiger partial charge in [0.05, 0.1) is 12.7 Å². The molecule has 1 unspecified atom stereocenters. The number of carbonyl (C=O) groups is 1. The summed E-state index contributed by atoms with van der Waals surface area (Å²) in [6.45, 7) is 4.13. The minimum Gasteiger partial charge on any atom is -0.391 e. The van der Waals surface area contributed by atoms with Gasteiger partial charge in [-0.1, -0.05) is 48.4 Å². The van der Waals surface area contributed by atoms with Crippen LogP contribution in [0.2, 0.25) is 0 Å². The average molecular weight is 515 g/mol. The molecule has 1 saturated carbocycles. The van der Waals surface area contributed by atoms with Crippen LogP contribution in [0.25, 0.3) is 11.1 Å². The summed E-state index contributed by atoms with van der Waals surface area (Å²) < 4.78 is 25.8. The molecule has 7 heteroatoms. The SMILES string of the molecule is COCCCCC(CCN(CCOC)C(=O)[C@H]1C[C@@H](N)[C@@H](O)C1)c1cccc(F)c1-c1cccc(C)c1. The molecule has 1 fully saturated rings. The Morgan fingerprint density at radius 1 is 1.08 bits per heavy atom. The van der Waals surface area contributed by atoms with Gasteiger partial charge in [-0.15, -0.1) is 0 Å². The zero-order valence-corrected chi connectivity index (χ0v) is 22.5. The quantitative estimate of drug-likeness (QED) is 0.358. The molecule has 1 aliphatic rings. The van der Waals surface area contributed by atoms with Gasteiger partial charge in [0.1, 0.15) is 5.82 Å². The minimum absolute atomic E-state index is 0.0142. The van der Waals surface area contributed by atoms with Crippen LogP contribution in [-0.2, 0) is 14.3 Å². The molecule has 0 spiro atoms. The van der Waals surface area contributed by atoms with E-state index in [9.17, 15) is 9.90 Å². The second kappa shape index (κ2) is 14.6. The van der Waals surface area contributed by atoms with Crippen LogP contribution >= 0.6 is 0 Å². The summed E-state index contributed by atoms with van der Waals surface area (Å²) in [5.41, 5.74) is 9.56.